The third kappa shape index (κ3) is 4.94. The Kier molecular flexibility index (Phi) is 6.86. The Bertz CT molecular complexity index is 493. The van der Waals surface area contributed by atoms with Gasteiger partial charge in [0.15, 0.2) is 0 Å². The van der Waals surface area contributed by atoms with Gasteiger partial charge in [0.1, 0.15) is 5.75 Å². The molecule has 23 heavy (non-hydrogen) atoms. The van der Waals surface area contributed by atoms with Gasteiger partial charge >= 0.3 is 0 Å². The summed E-state index contributed by atoms with van der Waals surface area (Å²) in [5, 5.41) is 6.35. The molecule has 1 aliphatic heterocycles. The number of para-hydroxylation sites is 1. The molecular formula is C18H28N2O3. The molecule has 5 heteroatoms. The van der Waals surface area contributed by atoms with E-state index in [-0.39, 0.29) is 11.3 Å². The van der Waals surface area contributed by atoms with Crippen molar-refractivity contribution in [3.05, 3.63) is 29.8 Å². The van der Waals surface area contributed by atoms with Crippen LogP contribution in [0.2, 0.25) is 0 Å². The van der Waals surface area contributed by atoms with Crippen LogP contribution in [0, 0.1) is 12.3 Å². The number of methoxy groups -OCH3 is 1. The van der Waals surface area contributed by atoms with Crippen molar-refractivity contribution in [2.45, 2.75) is 26.2 Å². The summed E-state index contributed by atoms with van der Waals surface area (Å²) in [4.78, 5) is 12.5. The second kappa shape index (κ2) is 8.89. The highest BCUT2D eigenvalue weighted by molar-refractivity contribution is 5.82. The molecule has 1 heterocycles. The lowest BCUT2D eigenvalue weighted by Crippen LogP contribution is -2.50. The van der Waals surface area contributed by atoms with Gasteiger partial charge in [-0.1, -0.05) is 18.2 Å². The molecule has 1 aromatic rings. The van der Waals surface area contributed by atoms with Crippen molar-refractivity contribution in [3.63, 3.8) is 0 Å². The van der Waals surface area contributed by atoms with E-state index in [1.807, 2.05) is 31.2 Å². The minimum Gasteiger partial charge on any atom is -0.493 e. The summed E-state index contributed by atoms with van der Waals surface area (Å²) in [6.07, 6.45) is 2.44. The first-order valence-corrected chi connectivity index (χ1v) is 8.34. The second-order valence-electron chi connectivity index (χ2n) is 6.19. The summed E-state index contributed by atoms with van der Waals surface area (Å²) in [6, 6.07) is 7.96. The van der Waals surface area contributed by atoms with Crippen LogP contribution in [0.3, 0.4) is 0 Å². The number of hydrogen-bond donors (Lipinski definition) is 2. The van der Waals surface area contributed by atoms with E-state index >= 15 is 0 Å². The number of piperidine rings is 1. The number of ether oxygens (including phenoxy) is 2. The summed E-state index contributed by atoms with van der Waals surface area (Å²) in [5.41, 5.74) is 0.752. The summed E-state index contributed by atoms with van der Waals surface area (Å²) in [7, 11) is 1.66. The van der Waals surface area contributed by atoms with E-state index in [1.54, 1.807) is 7.11 Å². The van der Waals surface area contributed by atoms with Gasteiger partial charge in [-0.05, 0) is 50.9 Å². The van der Waals surface area contributed by atoms with E-state index in [9.17, 15) is 4.79 Å². The van der Waals surface area contributed by atoms with E-state index in [2.05, 4.69) is 10.6 Å². The van der Waals surface area contributed by atoms with Gasteiger partial charge < -0.3 is 20.1 Å². The number of carbonyl (C=O) groups is 1. The maximum atomic E-state index is 12.5. The Morgan fingerprint density at radius 3 is 2.74 bits per heavy atom. The predicted molar refractivity (Wildman–Crippen MR) is 90.7 cm³/mol. The molecular weight excluding hydrogens is 292 g/mol. The van der Waals surface area contributed by atoms with Crippen LogP contribution in [0.25, 0.3) is 0 Å². The maximum absolute atomic E-state index is 12.5. The fraction of sp³-hybridized carbons (Fsp3) is 0.611. The number of rotatable bonds is 8. The first kappa shape index (κ1) is 17.8. The number of carbonyl (C=O) groups excluding carboxylic acids is 1. The van der Waals surface area contributed by atoms with Crippen molar-refractivity contribution in [2.24, 2.45) is 5.41 Å². The van der Waals surface area contributed by atoms with E-state index in [1.165, 1.54) is 0 Å². The normalized spacial score (nSPS) is 16.8. The molecule has 128 valence electrons. The number of amides is 1. The van der Waals surface area contributed by atoms with Gasteiger partial charge in [0, 0.05) is 13.7 Å². The summed E-state index contributed by atoms with van der Waals surface area (Å²) in [5.74, 6) is 1.02. The van der Waals surface area contributed by atoms with E-state index in [4.69, 9.17) is 9.47 Å². The molecule has 1 aliphatic rings. The molecule has 0 aromatic heterocycles. The van der Waals surface area contributed by atoms with Crippen LogP contribution in [0.4, 0.5) is 0 Å². The van der Waals surface area contributed by atoms with E-state index in [0.29, 0.717) is 19.8 Å². The van der Waals surface area contributed by atoms with Crippen molar-refractivity contribution >= 4 is 5.91 Å². The monoisotopic (exact) mass is 320 g/mol. The molecule has 0 unspecified atom stereocenters. The molecule has 1 aromatic carbocycles. The SMILES string of the molecule is COCC1(C(=O)NCCCOc2ccccc2C)CCNCC1. The van der Waals surface area contributed by atoms with Crippen molar-refractivity contribution in [1.82, 2.24) is 10.6 Å². The molecule has 0 radical (unpaired) electrons. The Morgan fingerprint density at radius 1 is 1.30 bits per heavy atom. The van der Waals surface area contributed by atoms with Gasteiger partial charge in [-0.2, -0.15) is 0 Å². The molecule has 1 fully saturated rings. The quantitative estimate of drug-likeness (QED) is 0.718. The van der Waals surface area contributed by atoms with Crippen LogP contribution in [-0.2, 0) is 9.53 Å². The molecule has 5 nitrogen and oxygen atoms in total. The molecule has 2 rings (SSSR count). The van der Waals surface area contributed by atoms with Crippen molar-refractivity contribution in [1.29, 1.82) is 0 Å². The van der Waals surface area contributed by atoms with Crippen molar-refractivity contribution in [2.75, 3.05) is 40.0 Å². The van der Waals surface area contributed by atoms with Gasteiger partial charge in [-0.3, -0.25) is 4.79 Å². The Labute approximate surface area is 138 Å². The molecule has 0 bridgehead atoms. The minimum atomic E-state index is -0.378. The topological polar surface area (TPSA) is 59.6 Å². The van der Waals surface area contributed by atoms with Crippen LogP contribution in [0.15, 0.2) is 24.3 Å². The molecule has 1 amide bonds. The van der Waals surface area contributed by atoms with Gasteiger partial charge in [-0.15, -0.1) is 0 Å². The average Bonchev–Trinajstić information content (AvgIpc) is 2.57. The number of hydrogen-bond acceptors (Lipinski definition) is 4. The Balaban J connectivity index is 1.72. The zero-order chi connectivity index (χ0) is 16.5. The van der Waals surface area contributed by atoms with Gasteiger partial charge in [-0.25, -0.2) is 0 Å². The predicted octanol–water partition coefficient (Wildman–Crippen LogP) is 1.90. The lowest BCUT2D eigenvalue weighted by atomic mass is 9.78. The third-order valence-corrected chi connectivity index (χ3v) is 4.42. The van der Waals surface area contributed by atoms with Crippen LogP contribution in [0.5, 0.6) is 5.75 Å². The fourth-order valence-corrected chi connectivity index (χ4v) is 2.98. The number of benzene rings is 1. The fourth-order valence-electron chi connectivity index (χ4n) is 2.98. The molecule has 1 saturated heterocycles. The minimum absolute atomic E-state index is 0.108. The van der Waals surface area contributed by atoms with Crippen molar-refractivity contribution < 1.29 is 14.3 Å². The van der Waals surface area contributed by atoms with Crippen LogP contribution in [0.1, 0.15) is 24.8 Å². The maximum Gasteiger partial charge on any atom is 0.228 e. The van der Waals surface area contributed by atoms with E-state index in [0.717, 1.165) is 43.7 Å². The van der Waals surface area contributed by atoms with Crippen LogP contribution >= 0.6 is 0 Å². The zero-order valence-electron chi connectivity index (χ0n) is 14.2. The summed E-state index contributed by atoms with van der Waals surface area (Å²) in [6.45, 7) is 5.48. The highest BCUT2D eigenvalue weighted by Gasteiger charge is 2.39. The lowest BCUT2D eigenvalue weighted by Gasteiger charge is -2.35. The first-order valence-electron chi connectivity index (χ1n) is 8.34. The molecule has 0 saturated carbocycles. The number of aryl methyl sites for hydroxylation is 1. The van der Waals surface area contributed by atoms with Gasteiger partial charge in [0.2, 0.25) is 5.91 Å². The summed E-state index contributed by atoms with van der Waals surface area (Å²) < 4.78 is 11.0. The third-order valence-electron chi connectivity index (χ3n) is 4.42. The largest absolute Gasteiger partial charge is 0.493 e. The number of nitrogens with one attached hydrogen (secondary N) is 2. The zero-order valence-corrected chi connectivity index (χ0v) is 14.2. The van der Waals surface area contributed by atoms with E-state index < -0.39 is 0 Å². The van der Waals surface area contributed by atoms with Crippen LogP contribution < -0.4 is 15.4 Å². The smallest absolute Gasteiger partial charge is 0.228 e. The van der Waals surface area contributed by atoms with Crippen molar-refractivity contribution in [3.8, 4) is 5.75 Å². The standard InChI is InChI=1S/C18H28N2O3/c1-15-6-3-4-7-16(15)23-13-5-10-20-17(21)18(14-22-2)8-11-19-12-9-18/h3-4,6-7,19H,5,8-14H2,1-2H3,(H,20,21). The highest BCUT2D eigenvalue weighted by Crippen LogP contribution is 2.29. The first-order chi connectivity index (χ1) is 11.2. The Morgan fingerprint density at radius 2 is 2.04 bits per heavy atom. The average molecular weight is 320 g/mol. The molecule has 0 spiro atoms. The van der Waals surface area contributed by atoms with Gasteiger partial charge in [0.25, 0.3) is 0 Å². The second-order valence-corrected chi connectivity index (χ2v) is 6.19. The Hall–Kier alpha value is -1.59. The summed E-state index contributed by atoms with van der Waals surface area (Å²) >= 11 is 0. The lowest BCUT2D eigenvalue weighted by molar-refractivity contribution is -0.136. The van der Waals surface area contributed by atoms with Crippen LogP contribution in [-0.4, -0.2) is 45.9 Å². The molecule has 0 aliphatic carbocycles. The molecule has 0 atom stereocenters. The van der Waals surface area contributed by atoms with Gasteiger partial charge in [0.05, 0.1) is 18.6 Å². The highest BCUT2D eigenvalue weighted by atomic mass is 16.5. The molecule has 2 N–H and O–H groups in total.